The van der Waals surface area contributed by atoms with E-state index in [1.165, 1.54) is 5.39 Å². The van der Waals surface area contributed by atoms with Gasteiger partial charge in [0.05, 0.1) is 0 Å². The van der Waals surface area contributed by atoms with Crippen molar-refractivity contribution in [1.82, 2.24) is 4.98 Å². The SMILES string of the molecule is [CH2]Oc1ccc2cc[nH]c2c1. The number of aromatic nitrogens is 1. The summed E-state index contributed by atoms with van der Waals surface area (Å²) in [4.78, 5) is 3.09. The molecule has 11 heavy (non-hydrogen) atoms. The number of hydrogen-bond acceptors (Lipinski definition) is 1. The summed E-state index contributed by atoms with van der Waals surface area (Å²) in [5, 5.41) is 1.19. The highest BCUT2D eigenvalue weighted by Gasteiger charge is 1.94. The third-order valence-corrected chi connectivity index (χ3v) is 1.69. The molecule has 2 aromatic rings. The average Bonchev–Trinajstić information content (AvgIpc) is 2.50. The minimum absolute atomic E-state index is 0.778. The highest BCUT2D eigenvalue weighted by Crippen LogP contribution is 2.18. The molecule has 0 aliphatic carbocycles. The molecule has 0 fully saturated rings. The third-order valence-electron chi connectivity index (χ3n) is 1.69. The molecule has 0 spiro atoms. The lowest BCUT2D eigenvalue weighted by Crippen LogP contribution is -1.77. The molecule has 0 aliphatic rings. The highest BCUT2D eigenvalue weighted by atomic mass is 16.5. The highest BCUT2D eigenvalue weighted by molar-refractivity contribution is 5.80. The van der Waals surface area contributed by atoms with E-state index in [0.717, 1.165) is 11.3 Å². The molecule has 0 amide bonds. The van der Waals surface area contributed by atoms with E-state index in [1.807, 2.05) is 30.5 Å². The summed E-state index contributed by atoms with van der Waals surface area (Å²) in [6, 6.07) is 7.82. The molecule has 0 unspecified atom stereocenters. The summed E-state index contributed by atoms with van der Waals surface area (Å²) in [5.74, 6) is 0.778. The Morgan fingerprint density at radius 1 is 1.27 bits per heavy atom. The molecule has 2 heteroatoms. The van der Waals surface area contributed by atoms with Crippen molar-refractivity contribution in [3.8, 4) is 5.75 Å². The summed E-state index contributed by atoms with van der Waals surface area (Å²) in [6.07, 6.45) is 1.90. The zero-order valence-corrected chi connectivity index (χ0v) is 6.00. The van der Waals surface area contributed by atoms with Crippen LogP contribution in [0.15, 0.2) is 30.5 Å². The Morgan fingerprint density at radius 3 is 3.00 bits per heavy atom. The van der Waals surface area contributed by atoms with Gasteiger partial charge in [0, 0.05) is 17.8 Å². The maximum atomic E-state index is 4.82. The predicted molar refractivity (Wildman–Crippen MR) is 44.3 cm³/mol. The van der Waals surface area contributed by atoms with Crippen LogP contribution < -0.4 is 4.74 Å². The molecule has 0 aliphatic heterocycles. The summed E-state index contributed by atoms with van der Waals surface area (Å²) < 4.78 is 4.82. The number of nitrogens with one attached hydrogen (secondary N) is 1. The molecule has 55 valence electrons. The number of fused-ring (bicyclic) bond motifs is 1. The number of aromatic amines is 1. The van der Waals surface area contributed by atoms with Crippen molar-refractivity contribution >= 4 is 10.9 Å². The third kappa shape index (κ3) is 0.963. The van der Waals surface area contributed by atoms with Gasteiger partial charge < -0.3 is 9.72 Å². The quantitative estimate of drug-likeness (QED) is 0.656. The summed E-state index contributed by atoms with van der Waals surface area (Å²) >= 11 is 0. The first-order valence-corrected chi connectivity index (χ1v) is 3.39. The van der Waals surface area contributed by atoms with Crippen molar-refractivity contribution in [1.29, 1.82) is 0 Å². The summed E-state index contributed by atoms with van der Waals surface area (Å²) in [7, 11) is 3.33. The van der Waals surface area contributed by atoms with Gasteiger partial charge in [-0.1, -0.05) is 0 Å². The van der Waals surface area contributed by atoms with Crippen molar-refractivity contribution in [3.05, 3.63) is 37.6 Å². The van der Waals surface area contributed by atoms with Gasteiger partial charge in [-0.2, -0.15) is 0 Å². The predicted octanol–water partition coefficient (Wildman–Crippen LogP) is 2.34. The molecule has 0 atom stereocenters. The molecule has 1 radical (unpaired) electrons. The monoisotopic (exact) mass is 146 g/mol. The normalized spacial score (nSPS) is 10.3. The fourth-order valence-corrected chi connectivity index (χ4v) is 1.12. The van der Waals surface area contributed by atoms with Crippen LogP contribution in [0.1, 0.15) is 0 Å². The number of ether oxygens (including phenoxy) is 1. The summed E-state index contributed by atoms with van der Waals surface area (Å²) in [5.41, 5.74) is 1.08. The Morgan fingerprint density at radius 2 is 2.18 bits per heavy atom. The Balaban J connectivity index is 2.67. The van der Waals surface area contributed by atoms with Gasteiger partial charge in [0.25, 0.3) is 0 Å². The lowest BCUT2D eigenvalue weighted by Gasteiger charge is -1.97. The topological polar surface area (TPSA) is 25.0 Å². The van der Waals surface area contributed by atoms with E-state index in [9.17, 15) is 0 Å². The van der Waals surface area contributed by atoms with Crippen molar-refractivity contribution in [2.75, 3.05) is 0 Å². The molecular formula is C9H8NO. The standard InChI is InChI=1S/C9H8NO/c1-11-8-3-2-7-4-5-10-9(7)6-8/h2-6,10H,1H2. The molecule has 0 saturated heterocycles. The number of benzene rings is 1. The van der Waals surface area contributed by atoms with Crippen LogP contribution in [-0.2, 0) is 0 Å². The second-order valence-electron chi connectivity index (χ2n) is 2.37. The van der Waals surface area contributed by atoms with Gasteiger partial charge in [-0.25, -0.2) is 0 Å². The average molecular weight is 146 g/mol. The van der Waals surface area contributed by atoms with E-state index in [2.05, 4.69) is 12.1 Å². The van der Waals surface area contributed by atoms with Crippen LogP contribution in [-0.4, -0.2) is 4.98 Å². The smallest absolute Gasteiger partial charge is 0.122 e. The first-order chi connectivity index (χ1) is 5.40. The van der Waals surface area contributed by atoms with E-state index >= 15 is 0 Å². The van der Waals surface area contributed by atoms with Gasteiger partial charge in [-0.05, 0) is 23.6 Å². The van der Waals surface area contributed by atoms with Crippen LogP contribution in [0.5, 0.6) is 5.75 Å². The van der Waals surface area contributed by atoms with E-state index < -0.39 is 0 Å². The van der Waals surface area contributed by atoms with Crippen molar-refractivity contribution in [3.63, 3.8) is 0 Å². The van der Waals surface area contributed by atoms with E-state index in [0.29, 0.717) is 0 Å². The van der Waals surface area contributed by atoms with Gasteiger partial charge >= 0.3 is 0 Å². The number of hydrogen-bond donors (Lipinski definition) is 1. The van der Waals surface area contributed by atoms with Gasteiger partial charge in [0.1, 0.15) is 12.9 Å². The van der Waals surface area contributed by atoms with E-state index in [-0.39, 0.29) is 0 Å². The first-order valence-electron chi connectivity index (χ1n) is 3.39. The Labute approximate surface area is 64.8 Å². The Hall–Kier alpha value is -1.44. The van der Waals surface area contributed by atoms with Crippen LogP contribution >= 0.6 is 0 Å². The van der Waals surface area contributed by atoms with E-state index in [1.54, 1.807) is 0 Å². The maximum Gasteiger partial charge on any atom is 0.122 e. The Bertz CT molecular complexity index is 364. The van der Waals surface area contributed by atoms with Crippen LogP contribution in [0.2, 0.25) is 0 Å². The van der Waals surface area contributed by atoms with Crippen LogP contribution in [0.3, 0.4) is 0 Å². The zero-order chi connectivity index (χ0) is 7.68. The molecule has 2 rings (SSSR count). The molecule has 2 nitrogen and oxygen atoms in total. The summed E-state index contributed by atoms with van der Waals surface area (Å²) in [6.45, 7) is 0. The minimum atomic E-state index is 0.778. The van der Waals surface area contributed by atoms with Gasteiger partial charge in [-0.15, -0.1) is 0 Å². The first kappa shape index (κ1) is 6.28. The van der Waals surface area contributed by atoms with E-state index in [4.69, 9.17) is 4.74 Å². The molecule has 1 N–H and O–H groups in total. The maximum absolute atomic E-state index is 4.82. The largest absolute Gasteiger partial charge is 0.490 e. The second-order valence-corrected chi connectivity index (χ2v) is 2.37. The second kappa shape index (κ2) is 2.31. The molecule has 1 aromatic carbocycles. The van der Waals surface area contributed by atoms with Crippen LogP contribution in [0.4, 0.5) is 0 Å². The molecule has 1 aromatic heterocycles. The lowest BCUT2D eigenvalue weighted by molar-refractivity contribution is 0.473. The van der Waals surface area contributed by atoms with Gasteiger partial charge in [-0.3, -0.25) is 0 Å². The van der Waals surface area contributed by atoms with Gasteiger partial charge in [0.15, 0.2) is 0 Å². The lowest BCUT2D eigenvalue weighted by atomic mass is 10.2. The number of H-pyrrole nitrogens is 1. The van der Waals surface area contributed by atoms with Gasteiger partial charge in [0.2, 0.25) is 0 Å². The number of rotatable bonds is 1. The molecule has 1 heterocycles. The molecular weight excluding hydrogens is 138 g/mol. The van der Waals surface area contributed by atoms with Crippen LogP contribution in [0.25, 0.3) is 10.9 Å². The van der Waals surface area contributed by atoms with Crippen LogP contribution in [0, 0.1) is 7.11 Å². The van der Waals surface area contributed by atoms with Crippen molar-refractivity contribution in [2.24, 2.45) is 0 Å². The Kier molecular flexibility index (Phi) is 1.32. The van der Waals surface area contributed by atoms with Crippen molar-refractivity contribution < 1.29 is 4.74 Å². The molecule has 0 saturated carbocycles. The molecule has 0 bridgehead atoms. The fourth-order valence-electron chi connectivity index (χ4n) is 1.12. The fraction of sp³-hybridized carbons (Fsp3) is 0. The zero-order valence-electron chi connectivity index (χ0n) is 6.00. The minimum Gasteiger partial charge on any atom is -0.490 e. The van der Waals surface area contributed by atoms with Crippen molar-refractivity contribution in [2.45, 2.75) is 0 Å².